The van der Waals surface area contributed by atoms with E-state index in [-0.39, 0.29) is 29.9 Å². The van der Waals surface area contributed by atoms with E-state index < -0.39 is 0 Å². The summed E-state index contributed by atoms with van der Waals surface area (Å²) >= 11 is 0. The van der Waals surface area contributed by atoms with Crippen LogP contribution in [0.2, 0.25) is 0 Å². The molecule has 0 aliphatic carbocycles. The third-order valence-corrected chi connectivity index (χ3v) is 6.45. The molecular formula is C26H26N2O4. The van der Waals surface area contributed by atoms with Crippen LogP contribution in [-0.4, -0.2) is 42.2 Å². The number of para-hydroxylation sites is 1. The zero-order valence-corrected chi connectivity index (χ0v) is 18.1. The summed E-state index contributed by atoms with van der Waals surface area (Å²) in [4.78, 5) is 27.5. The van der Waals surface area contributed by atoms with Crippen molar-refractivity contribution in [3.63, 3.8) is 0 Å². The van der Waals surface area contributed by atoms with E-state index in [4.69, 9.17) is 9.47 Å². The van der Waals surface area contributed by atoms with Gasteiger partial charge in [0.15, 0.2) is 6.61 Å². The highest BCUT2D eigenvalue weighted by atomic mass is 16.5. The van der Waals surface area contributed by atoms with E-state index in [9.17, 15) is 9.59 Å². The molecule has 0 N–H and O–H groups in total. The van der Waals surface area contributed by atoms with E-state index in [1.165, 1.54) is 0 Å². The number of aromatic nitrogens is 1. The van der Waals surface area contributed by atoms with Gasteiger partial charge in [-0.05, 0) is 48.2 Å². The first-order chi connectivity index (χ1) is 15.6. The molecule has 3 heterocycles. The number of ether oxygens (including phenoxy) is 2. The molecule has 6 nitrogen and oxygen atoms in total. The molecule has 32 heavy (non-hydrogen) atoms. The molecule has 0 saturated carbocycles. The molecular weight excluding hydrogens is 404 g/mol. The van der Waals surface area contributed by atoms with Crippen LogP contribution in [0.4, 0.5) is 0 Å². The smallest absolute Gasteiger partial charge is 0.260 e. The number of piperidine rings is 1. The lowest BCUT2D eigenvalue weighted by molar-refractivity contribution is -0.136. The molecule has 1 aromatic heterocycles. The molecule has 6 heteroatoms. The van der Waals surface area contributed by atoms with Gasteiger partial charge in [0.25, 0.3) is 11.5 Å². The quantitative estimate of drug-likeness (QED) is 0.621. The second kappa shape index (κ2) is 8.54. The molecule has 2 aliphatic rings. The summed E-state index contributed by atoms with van der Waals surface area (Å²) in [5.74, 6) is 1.86. The first kappa shape index (κ1) is 20.4. The first-order valence-electron chi connectivity index (χ1n) is 11.0. The molecule has 2 bridgehead atoms. The predicted molar refractivity (Wildman–Crippen MR) is 122 cm³/mol. The van der Waals surface area contributed by atoms with Crippen molar-refractivity contribution in [2.24, 2.45) is 5.92 Å². The van der Waals surface area contributed by atoms with Crippen molar-refractivity contribution in [1.82, 2.24) is 9.47 Å². The van der Waals surface area contributed by atoms with Gasteiger partial charge in [0.2, 0.25) is 0 Å². The van der Waals surface area contributed by atoms with Crippen LogP contribution < -0.4 is 15.0 Å². The summed E-state index contributed by atoms with van der Waals surface area (Å²) in [5, 5.41) is 0. The van der Waals surface area contributed by atoms with Gasteiger partial charge in [0, 0.05) is 42.9 Å². The Morgan fingerprint density at radius 3 is 2.47 bits per heavy atom. The maximum atomic E-state index is 12.9. The Hall–Kier alpha value is -3.54. The van der Waals surface area contributed by atoms with E-state index >= 15 is 0 Å². The fourth-order valence-electron chi connectivity index (χ4n) is 4.99. The Balaban J connectivity index is 1.41. The number of likely N-dealkylation sites (tertiary alicyclic amines) is 1. The molecule has 2 aliphatic heterocycles. The number of hydrogen-bond acceptors (Lipinski definition) is 4. The number of amides is 1. The monoisotopic (exact) mass is 430 g/mol. The highest BCUT2D eigenvalue weighted by Crippen LogP contribution is 2.40. The average Bonchev–Trinajstić information content (AvgIpc) is 2.84. The number of fused-ring (bicyclic) bond motifs is 4. The van der Waals surface area contributed by atoms with Gasteiger partial charge in [-0.3, -0.25) is 9.59 Å². The van der Waals surface area contributed by atoms with E-state index in [0.717, 1.165) is 29.0 Å². The lowest BCUT2D eigenvalue weighted by Crippen LogP contribution is -2.50. The number of hydrogen-bond donors (Lipinski definition) is 0. The average molecular weight is 431 g/mol. The van der Waals surface area contributed by atoms with Gasteiger partial charge in [-0.25, -0.2) is 0 Å². The predicted octanol–water partition coefficient (Wildman–Crippen LogP) is 3.55. The molecule has 1 saturated heterocycles. The molecule has 164 valence electrons. The van der Waals surface area contributed by atoms with Gasteiger partial charge < -0.3 is 18.9 Å². The van der Waals surface area contributed by atoms with Gasteiger partial charge in [-0.15, -0.1) is 0 Å². The Morgan fingerprint density at radius 1 is 0.938 bits per heavy atom. The Morgan fingerprint density at radius 2 is 1.72 bits per heavy atom. The summed E-state index contributed by atoms with van der Waals surface area (Å²) in [6.45, 7) is 1.92. The summed E-state index contributed by atoms with van der Waals surface area (Å²) < 4.78 is 12.9. The van der Waals surface area contributed by atoms with Gasteiger partial charge >= 0.3 is 0 Å². The SMILES string of the molecule is COc1ccc(-c2ccc(=O)n3c2[C@@H]2C[C@@H](CN(C(=O)COc4ccccc4)C2)C3)cc1. The molecule has 0 unspecified atom stereocenters. The van der Waals surface area contributed by atoms with Gasteiger partial charge in [-0.1, -0.05) is 30.3 Å². The third kappa shape index (κ3) is 3.88. The van der Waals surface area contributed by atoms with Crippen molar-refractivity contribution in [1.29, 1.82) is 0 Å². The van der Waals surface area contributed by atoms with Crippen LogP contribution in [0.3, 0.4) is 0 Å². The summed E-state index contributed by atoms with van der Waals surface area (Å²) in [6, 6.07) is 20.9. The van der Waals surface area contributed by atoms with E-state index in [1.54, 1.807) is 13.2 Å². The van der Waals surface area contributed by atoms with Crippen LogP contribution in [0.15, 0.2) is 71.5 Å². The number of carbonyl (C=O) groups is 1. The fraction of sp³-hybridized carbons (Fsp3) is 0.308. The first-order valence-corrected chi connectivity index (χ1v) is 11.0. The van der Waals surface area contributed by atoms with Crippen LogP contribution in [0.5, 0.6) is 11.5 Å². The molecule has 5 rings (SSSR count). The van der Waals surface area contributed by atoms with Crippen molar-refractivity contribution in [2.75, 3.05) is 26.8 Å². The van der Waals surface area contributed by atoms with Crippen molar-refractivity contribution < 1.29 is 14.3 Å². The minimum Gasteiger partial charge on any atom is -0.497 e. The Bertz CT molecular complexity index is 1170. The number of benzene rings is 2. The molecule has 0 radical (unpaired) electrons. The van der Waals surface area contributed by atoms with E-state index in [0.29, 0.717) is 25.4 Å². The molecule has 0 spiro atoms. The highest BCUT2D eigenvalue weighted by Gasteiger charge is 2.37. The van der Waals surface area contributed by atoms with Gasteiger partial charge in [-0.2, -0.15) is 0 Å². The molecule has 2 atom stereocenters. The molecule has 3 aromatic rings. The highest BCUT2D eigenvalue weighted by molar-refractivity contribution is 5.78. The minimum atomic E-state index is -0.0127. The zero-order chi connectivity index (χ0) is 22.1. The van der Waals surface area contributed by atoms with Gasteiger partial charge in [0.05, 0.1) is 7.11 Å². The molecule has 1 fully saturated rings. The number of methoxy groups -OCH3 is 1. The third-order valence-electron chi connectivity index (χ3n) is 6.45. The number of pyridine rings is 1. The summed E-state index contributed by atoms with van der Waals surface area (Å²) in [7, 11) is 1.65. The van der Waals surface area contributed by atoms with E-state index in [1.807, 2.05) is 70.1 Å². The maximum absolute atomic E-state index is 12.9. The van der Waals surface area contributed by atoms with Crippen molar-refractivity contribution in [3.05, 3.63) is 82.8 Å². The van der Waals surface area contributed by atoms with Crippen molar-refractivity contribution in [2.45, 2.75) is 18.9 Å². The topological polar surface area (TPSA) is 60.8 Å². The number of nitrogens with zero attached hydrogens (tertiary/aromatic N) is 2. The zero-order valence-electron chi connectivity index (χ0n) is 18.1. The second-order valence-electron chi connectivity index (χ2n) is 8.51. The van der Waals surface area contributed by atoms with Crippen LogP contribution in [0, 0.1) is 5.92 Å². The van der Waals surface area contributed by atoms with Crippen LogP contribution >= 0.6 is 0 Å². The van der Waals surface area contributed by atoms with Crippen LogP contribution in [0.25, 0.3) is 11.1 Å². The Kier molecular flexibility index (Phi) is 5.43. The lowest BCUT2D eigenvalue weighted by atomic mass is 9.80. The molecule has 2 aromatic carbocycles. The largest absolute Gasteiger partial charge is 0.497 e. The van der Waals surface area contributed by atoms with Crippen LogP contribution in [0.1, 0.15) is 18.0 Å². The molecule has 1 amide bonds. The van der Waals surface area contributed by atoms with E-state index in [2.05, 4.69) is 0 Å². The lowest BCUT2D eigenvalue weighted by Gasteiger charge is -2.43. The maximum Gasteiger partial charge on any atom is 0.260 e. The summed E-state index contributed by atoms with van der Waals surface area (Å²) in [5.41, 5.74) is 3.15. The number of carbonyl (C=O) groups excluding carboxylic acids is 1. The minimum absolute atomic E-state index is 0.0127. The van der Waals surface area contributed by atoms with Crippen LogP contribution in [-0.2, 0) is 11.3 Å². The standard InChI is InChI=1S/C26H26N2O4/c1-31-21-9-7-19(8-10-21)23-11-12-24(29)28-15-18-13-20(26(23)28)16-27(14-18)25(30)17-32-22-5-3-2-4-6-22/h2-12,18,20H,13-17H2,1H3/t18-,20+/m0/s1. The summed E-state index contributed by atoms with van der Waals surface area (Å²) in [6.07, 6.45) is 0.982. The Labute approximate surface area is 187 Å². The number of rotatable bonds is 5. The normalized spacial score (nSPS) is 19.2. The van der Waals surface area contributed by atoms with Crippen molar-refractivity contribution >= 4 is 5.91 Å². The second-order valence-corrected chi connectivity index (χ2v) is 8.51. The van der Waals surface area contributed by atoms with Crippen molar-refractivity contribution in [3.8, 4) is 22.6 Å². The van der Waals surface area contributed by atoms with Gasteiger partial charge in [0.1, 0.15) is 11.5 Å². The fourth-order valence-corrected chi connectivity index (χ4v) is 4.99.